The van der Waals surface area contributed by atoms with Crippen molar-refractivity contribution in [3.8, 4) is 0 Å². The molecule has 0 aliphatic carbocycles. The smallest absolute Gasteiger partial charge is 0.302 e. The predicted molar refractivity (Wildman–Crippen MR) is 56.5 cm³/mol. The van der Waals surface area contributed by atoms with E-state index in [0.717, 1.165) is 16.1 Å². The molecule has 1 aromatic rings. The van der Waals surface area contributed by atoms with Crippen LogP contribution in [0.15, 0.2) is 18.2 Å². The van der Waals surface area contributed by atoms with Gasteiger partial charge >= 0.3 is 5.97 Å². The van der Waals surface area contributed by atoms with Gasteiger partial charge < -0.3 is 4.74 Å². The third-order valence-corrected chi connectivity index (χ3v) is 2.47. The normalized spacial score (nSPS) is 9.93. The van der Waals surface area contributed by atoms with Gasteiger partial charge in [0.1, 0.15) is 0 Å². The molecule has 0 radical (unpaired) electrons. The molecule has 0 atom stereocenters. The van der Waals surface area contributed by atoms with Crippen LogP contribution in [0.5, 0.6) is 0 Å². The van der Waals surface area contributed by atoms with Gasteiger partial charge in [-0.1, -0.05) is 23.7 Å². The molecule has 0 saturated heterocycles. The second kappa shape index (κ2) is 5.01. The van der Waals surface area contributed by atoms with Crippen LogP contribution in [-0.2, 0) is 16.0 Å². The van der Waals surface area contributed by atoms with E-state index in [4.69, 9.17) is 16.3 Å². The van der Waals surface area contributed by atoms with Crippen LogP contribution in [0.25, 0.3) is 0 Å². The predicted octanol–water partition coefficient (Wildman–Crippen LogP) is 2.75. The minimum absolute atomic E-state index is 0.246. The molecule has 0 aliphatic heterocycles. The van der Waals surface area contributed by atoms with E-state index in [9.17, 15) is 4.79 Å². The van der Waals surface area contributed by atoms with Crippen molar-refractivity contribution in [2.75, 3.05) is 6.61 Å². The zero-order valence-electron chi connectivity index (χ0n) is 8.34. The van der Waals surface area contributed by atoms with Crippen molar-refractivity contribution in [1.29, 1.82) is 0 Å². The molecule has 0 heterocycles. The Kier molecular flexibility index (Phi) is 3.96. The molecule has 0 saturated carbocycles. The van der Waals surface area contributed by atoms with Gasteiger partial charge in [-0.05, 0) is 24.1 Å². The Bertz CT molecular complexity index is 334. The lowest BCUT2D eigenvalue weighted by molar-refractivity contribution is -0.140. The molecule has 0 N–H and O–H groups in total. The molecule has 0 spiro atoms. The Morgan fingerprint density at radius 1 is 1.50 bits per heavy atom. The van der Waals surface area contributed by atoms with Crippen molar-refractivity contribution in [1.82, 2.24) is 0 Å². The highest BCUT2D eigenvalue weighted by molar-refractivity contribution is 6.31. The molecule has 3 heteroatoms. The van der Waals surface area contributed by atoms with E-state index >= 15 is 0 Å². The lowest BCUT2D eigenvalue weighted by Gasteiger charge is -2.06. The quantitative estimate of drug-likeness (QED) is 0.721. The van der Waals surface area contributed by atoms with Crippen LogP contribution in [-0.4, -0.2) is 12.6 Å². The van der Waals surface area contributed by atoms with Crippen LogP contribution in [0.3, 0.4) is 0 Å². The first-order valence-corrected chi connectivity index (χ1v) is 4.86. The Hall–Kier alpha value is -1.02. The second-order valence-corrected chi connectivity index (χ2v) is 3.52. The van der Waals surface area contributed by atoms with Crippen molar-refractivity contribution in [3.05, 3.63) is 34.3 Å². The summed E-state index contributed by atoms with van der Waals surface area (Å²) in [5, 5.41) is 0.755. The summed E-state index contributed by atoms with van der Waals surface area (Å²) in [6.07, 6.45) is 0.714. The van der Waals surface area contributed by atoms with Gasteiger partial charge in [0.2, 0.25) is 0 Å². The van der Waals surface area contributed by atoms with Gasteiger partial charge in [0.05, 0.1) is 6.61 Å². The lowest BCUT2D eigenvalue weighted by atomic mass is 10.1. The summed E-state index contributed by atoms with van der Waals surface area (Å²) >= 11 is 5.95. The Morgan fingerprint density at radius 3 is 2.86 bits per heavy atom. The van der Waals surface area contributed by atoms with Crippen molar-refractivity contribution in [3.63, 3.8) is 0 Å². The maximum absolute atomic E-state index is 10.5. The first kappa shape index (κ1) is 11.1. The summed E-state index contributed by atoms with van der Waals surface area (Å²) < 4.78 is 4.86. The van der Waals surface area contributed by atoms with Crippen LogP contribution < -0.4 is 0 Å². The summed E-state index contributed by atoms with van der Waals surface area (Å²) in [5.74, 6) is -0.246. The van der Waals surface area contributed by atoms with Gasteiger partial charge in [-0.2, -0.15) is 0 Å². The van der Waals surface area contributed by atoms with Crippen molar-refractivity contribution >= 4 is 17.6 Å². The monoisotopic (exact) mass is 212 g/mol. The molecule has 2 nitrogen and oxygen atoms in total. The molecule has 76 valence electrons. The standard InChI is InChI=1S/C11H13ClO2/c1-8-10(4-3-5-11(8)12)6-7-14-9(2)13/h3-5H,6-7H2,1-2H3. The van der Waals surface area contributed by atoms with E-state index in [0.29, 0.717) is 13.0 Å². The number of benzene rings is 1. The summed E-state index contributed by atoms with van der Waals surface area (Å²) in [6.45, 7) is 3.78. The molecule has 0 amide bonds. The zero-order valence-corrected chi connectivity index (χ0v) is 9.10. The molecular formula is C11H13ClO2. The van der Waals surface area contributed by atoms with Crippen LogP contribution in [0.4, 0.5) is 0 Å². The number of rotatable bonds is 3. The topological polar surface area (TPSA) is 26.3 Å². The van der Waals surface area contributed by atoms with E-state index in [1.165, 1.54) is 6.92 Å². The number of ether oxygens (including phenoxy) is 1. The number of esters is 1. The highest BCUT2D eigenvalue weighted by Gasteiger charge is 2.02. The number of halogens is 1. The Labute approximate surface area is 88.8 Å². The number of hydrogen-bond donors (Lipinski definition) is 0. The maximum atomic E-state index is 10.5. The molecule has 1 rings (SSSR count). The highest BCUT2D eigenvalue weighted by Crippen LogP contribution is 2.18. The van der Waals surface area contributed by atoms with Crippen molar-refractivity contribution < 1.29 is 9.53 Å². The van der Waals surface area contributed by atoms with E-state index in [1.54, 1.807) is 0 Å². The van der Waals surface area contributed by atoms with Crippen molar-refractivity contribution in [2.24, 2.45) is 0 Å². The SMILES string of the molecule is CC(=O)OCCc1cccc(Cl)c1C. The van der Waals surface area contributed by atoms with E-state index < -0.39 is 0 Å². The van der Waals surface area contributed by atoms with Gasteiger partial charge in [-0.25, -0.2) is 0 Å². The minimum atomic E-state index is -0.246. The van der Waals surface area contributed by atoms with Crippen LogP contribution in [0.2, 0.25) is 5.02 Å². The molecule has 0 fully saturated rings. The number of hydrogen-bond acceptors (Lipinski definition) is 2. The molecule has 0 aliphatic rings. The highest BCUT2D eigenvalue weighted by atomic mass is 35.5. The summed E-state index contributed by atoms with van der Waals surface area (Å²) in [7, 11) is 0. The van der Waals surface area contributed by atoms with Crippen molar-refractivity contribution in [2.45, 2.75) is 20.3 Å². The minimum Gasteiger partial charge on any atom is -0.466 e. The average molecular weight is 213 g/mol. The van der Waals surface area contributed by atoms with Gasteiger partial charge in [-0.15, -0.1) is 0 Å². The van der Waals surface area contributed by atoms with Gasteiger partial charge in [-0.3, -0.25) is 4.79 Å². The lowest BCUT2D eigenvalue weighted by Crippen LogP contribution is -2.04. The molecular weight excluding hydrogens is 200 g/mol. The summed E-state index contributed by atoms with van der Waals surface area (Å²) in [5.41, 5.74) is 2.18. The second-order valence-electron chi connectivity index (χ2n) is 3.11. The fourth-order valence-electron chi connectivity index (χ4n) is 1.23. The Morgan fingerprint density at radius 2 is 2.21 bits per heavy atom. The molecule has 0 aromatic heterocycles. The van der Waals surface area contributed by atoms with Gasteiger partial charge in [0, 0.05) is 18.4 Å². The summed E-state index contributed by atoms with van der Waals surface area (Å²) in [4.78, 5) is 10.5. The molecule has 14 heavy (non-hydrogen) atoms. The van der Waals surface area contributed by atoms with E-state index in [2.05, 4.69) is 0 Å². The third kappa shape index (κ3) is 3.04. The first-order chi connectivity index (χ1) is 6.61. The Balaban J connectivity index is 2.59. The van der Waals surface area contributed by atoms with Crippen LogP contribution in [0, 0.1) is 6.92 Å². The largest absolute Gasteiger partial charge is 0.466 e. The van der Waals surface area contributed by atoms with E-state index in [1.807, 2.05) is 25.1 Å². The first-order valence-electron chi connectivity index (χ1n) is 4.48. The fourth-order valence-corrected chi connectivity index (χ4v) is 1.42. The molecule has 0 unspecified atom stereocenters. The van der Waals surface area contributed by atoms with Crippen LogP contribution in [0.1, 0.15) is 18.1 Å². The third-order valence-electron chi connectivity index (χ3n) is 2.06. The zero-order chi connectivity index (χ0) is 10.6. The van der Waals surface area contributed by atoms with Gasteiger partial charge in [0.25, 0.3) is 0 Å². The van der Waals surface area contributed by atoms with Gasteiger partial charge in [0.15, 0.2) is 0 Å². The molecule has 1 aromatic carbocycles. The fraction of sp³-hybridized carbons (Fsp3) is 0.364. The number of carbonyl (C=O) groups excluding carboxylic acids is 1. The van der Waals surface area contributed by atoms with Crippen LogP contribution >= 0.6 is 11.6 Å². The molecule has 0 bridgehead atoms. The summed E-state index contributed by atoms with van der Waals surface area (Å²) in [6, 6.07) is 5.75. The maximum Gasteiger partial charge on any atom is 0.302 e. The number of carbonyl (C=O) groups is 1. The average Bonchev–Trinajstić information content (AvgIpc) is 2.12. The van der Waals surface area contributed by atoms with E-state index in [-0.39, 0.29) is 5.97 Å².